The van der Waals surface area contributed by atoms with Gasteiger partial charge in [0.05, 0.1) is 20.1 Å². The van der Waals surface area contributed by atoms with Crippen LogP contribution in [0.4, 0.5) is 10.5 Å². The summed E-state index contributed by atoms with van der Waals surface area (Å²) in [5, 5.41) is 0. The Kier molecular flexibility index (Phi) is 11.8. The van der Waals surface area contributed by atoms with Gasteiger partial charge >= 0.3 is 6.09 Å². The van der Waals surface area contributed by atoms with Crippen LogP contribution in [0.2, 0.25) is 0 Å². The molecule has 3 aliphatic rings. The minimum atomic E-state index is -0.637. The maximum Gasteiger partial charge on any atom is 0.410 e. The van der Waals surface area contributed by atoms with Gasteiger partial charge in [-0.25, -0.2) is 4.79 Å². The van der Waals surface area contributed by atoms with E-state index in [0.29, 0.717) is 44.2 Å². The molecule has 0 bridgehead atoms. The molecule has 0 aromatic heterocycles. The normalized spacial score (nSPS) is 19.9. The van der Waals surface area contributed by atoms with Crippen molar-refractivity contribution >= 4 is 17.7 Å². The van der Waals surface area contributed by atoms with Crippen molar-refractivity contribution < 1.29 is 33.3 Å². The van der Waals surface area contributed by atoms with Crippen molar-refractivity contribution in [1.29, 1.82) is 0 Å². The van der Waals surface area contributed by atoms with Gasteiger partial charge < -0.3 is 38.4 Å². The number of nitrogens with zero attached hydrogens (tertiary/aromatic N) is 3. The van der Waals surface area contributed by atoms with Gasteiger partial charge in [-0.05, 0) is 87.4 Å². The van der Waals surface area contributed by atoms with E-state index in [-0.39, 0.29) is 36.4 Å². The molecule has 1 saturated carbocycles. The molecule has 1 aliphatic carbocycles. The van der Waals surface area contributed by atoms with Gasteiger partial charge in [0, 0.05) is 76.1 Å². The van der Waals surface area contributed by atoms with Gasteiger partial charge in [0.25, 0.3) is 0 Å². The summed E-state index contributed by atoms with van der Waals surface area (Å²) in [6.45, 7) is 9.83. The first-order valence-electron chi connectivity index (χ1n) is 18.6. The van der Waals surface area contributed by atoms with E-state index in [0.717, 1.165) is 49.2 Å². The van der Waals surface area contributed by atoms with Crippen molar-refractivity contribution in [3.8, 4) is 17.2 Å². The van der Waals surface area contributed by atoms with Gasteiger partial charge in [0.2, 0.25) is 5.91 Å². The van der Waals surface area contributed by atoms with Crippen molar-refractivity contribution in [3.05, 3.63) is 83.4 Å². The van der Waals surface area contributed by atoms with E-state index < -0.39 is 11.5 Å². The topological polar surface area (TPSA) is 90.0 Å². The molecular formula is C42H55N3O7. The molecule has 0 spiro atoms. The highest BCUT2D eigenvalue weighted by molar-refractivity contribution is 5.82. The quantitative estimate of drug-likeness (QED) is 0.162. The second-order valence-electron chi connectivity index (χ2n) is 15.2. The number of carbonyl (C=O) groups excluding carboxylic acids is 2. The van der Waals surface area contributed by atoms with Crippen LogP contribution in [0.1, 0.15) is 75.0 Å². The van der Waals surface area contributed by atoms with Gasteiger partial charge in [-0.2, -0.15) is 0 Å². The fourth-order valence-corrected chi connectivity index (χ4v) is 7.70. The Morgan fingerprint density at radius 3 is 2.23 bits per heavy atom. The van der Waals surface area contributed by atoms with E-state index in [1.54, 1.807) is 26.2 Å². The second kappa shape index (κ2) is 16.5. The van der Waals surface area contributed by atoms with E-state index >= 15 is 4.79 Å². The molecule has 10 heteroatoms. The Morgan fingerprint density at radius 2 is 1.56 bits per heavy atom. The second-order valence-corrected chi connectivity index (χ2v) is 15.2. The molecule has 0 radical (unpaired) electrons. The van der Waals surface area contributed by atoms with Crippen LogP contribution in [-0.2, 0) is 20.9 Å². The summed E-state index contributed by atoms with van der Waals surface area (Å²) in [6, 6.07) is 22.5. The molecule has 2 fully saturated rings. The van der Waals surface area contributed by atoms with Gasteiger partial charge in [-0.15, -0.1) is 0 Å². The fraction of sp³-hybridized carbons (Fsp3) is 0.524. The van der Waals surface area contributed by atoms with Crippen molar-refractivity contribution in [2.75, 3.05) is 65.6 Å². The number of rotatable bonds is 14. The summed E-state index contributed by atoms with van der Waals surface area (Å²) in [5.74, 6) is 1.80. The summed E-state index contributed by atoms with van der Waals surface area (Å²) in [6.07, 6.45) is 3.17. The number of hydrogen-bond donors (Lipinski definition) is 0. The predicted octanol–water partition coefficient (Wildman–Crippen LogP) is 7.25. The molecule has 1 saturated heterocycles. The molecule has 3 aromatic rings. The highest BCUT2D eigenvalue weighted by Gasteiger charge is 2.45. The lowest BCUT2D eigenvalue weighted by atomic mass is 9.79. The number of benzene rings is 3. The third-order valence-corrected chi connectivity index (χ3v) is 10.3. The smallest absolute Gasteiger partial charge is 0.410 e. The van der Waals surface area contributed by atoms with Crippen LogP contribution < -0.4 is 19.1 Å². The number of piperidine rings is 1. The number of ether oxygens (including phenoxy) is 5. The molecule has 2 amide bonds. The third-order valence-electron chi connectivity index (χ3n) is 10.3. The largest absolute Gasteiger partial charge is 0.497 e. The molecule has 10 nitrogen and oxygen atoms in total. The lowest BCUT2D eigenvalue weighted by Crippen LogP contribution is -2.51. The van der Waals surface area contributed by atoms with Crippen LogP contribution in [-0.4, -0.2) is 94.1 Å². The van der Waals surface area contributed by atoms with Crippen LogP contribution in [0.5, 0.6) is 17.2 Å². The summed E-state index contributed by atoms with van der Waals surface area (Å²) in [4.78, 5) is 34.8. The van der Waals surface area contributed by atoms with E-state index in [9.17, 15) is 4.79 Å². The highest BCUT2D eigenvalue weighted by Crippen LogP contribution is 2.43. The van der Waals surface area contributed by atoms with E-state index in [2.05, 4.69) is 40.1 Å². The van der Waals surface area contributed by atoms with E-state index in [1.807, 2.05) is 57.2 Å². The molecular weight excluding hydrogens is 658 g/mol. The zero-order valence-electron chi connectivity index (χ0n) is 31.6. The van der Waals surface area contributed by atoms with Crippen molar-refractivity contribution in [1.82, 2.24) is 9.80 Å². The fourth-order valence-electron chi connectivity index (χ4n) is 7.70. The lowest BCUT2D eigenvalue weighted by Gasteiger charge is -2.41. The number of para-hydroxylation sites is 2. The minimum Gasteiger partial charge on any atom is -0.497 e. The first-order chi connectivity index (χ1) is 25.1. The molecule has 2 heterocycles. The summed E-state index contributed by atoms with van der Waals surface area (Å²) in [5.41, 5.74) is 3.79. The number of carbonyl (C=O) groups is 2. The molecule has 3 aromatic carbocycles. The third kappa shape index (κ3) is 8.95. The summed E-state index contributed by atoms with van der Waals surface area (Å²) >= 11 is 0. The van der Waals surface area contributed by atoms with Crippen LogP contribution in [0.15, 0.2) is 66.7 Å². The average molecular weight is 714 g/mol. The molecule has 0 N–H and O–H groups in total. The van der Waals surface area contributed by atoms with Gasteiger partial charge in [-0.1, -0.05) is 36.4 Å². The molecule has 1 unspecified atom stereocenters. The molecule has 52 heavy (non-hydrogen) atoms. The Hall–Kier alpha value is -4.44. The number of likely N-dealkylation sites (tertiary alicyclic amines) is 1. The van der Waals surface area contributed by atoms with Crippen LogP contribution in [0.25, 0.3) is 0 Å². The van der Waals surface area contributed by atoms with Gasteiger partial charge in [0.15, 0.2) is 0 Å². The van der Waals surface area contributed by atoms with E-state index in [1.165, 1.54) is 11.3 Å². The van der Waals surface area contributed by atoms with E-state index in [4.69, 9.17) is 23.7 Å². The summed E-state index contributed by atoms with van der Waals surface area (Å²) < 4.78 is 28.6. The average Bonchev–Trinajstić information content (AvgIpc) is 3.93. The van der Waals surface area contributed by atoms with Gasteiger partial charge in [0.1, 0.15) is 29.5 Å². The maximum absolute atomic E-state index is 15.1. The van der Waals surface area contributed by atoms with Crippen molar-refractivity contribution in [3.63, 3.8) is 0 Å². The number of anilines is 1. The van der Waals surface area contributed by atoms with Crippen LogP contribution in [0, 0.1) is 5.92 Å². The Labute approximate surface area is 308 Å². The number of fused-ring (bicyclic) bond motifs is 1. The monoisotopic (exact) mass is 713 g/mol. The molecule has 2 aliphatic heterocycles. The number of hydrogen-bond acceptors (Lipinski definition) is 8. The Bertz CT molecular complexity index is 1660. The molecule has 280 valence electrons. The standard InChI is InChI=1S/C42H55N3O7/c1-42(2,3)52-41(47)44-20-18-35(36-13-8-10-15-39(36)51-28-29-22-32(49-5)24-33(23-29)50-6)37(27-44)40(46)45(31-16-17-31)26-30-25-43(19-11-21-48-4)38-14-9-7-12-34(30)38/h7-10,12-15,22-24,30-31,35,37H,11,16-21,25-28H2,1-6H3/t30?,35-,37+/m1/s1. The first-order valence-corrected chi connectivity index (χ1v) is 18.6. The Balaban J connectivity index is 1.27. The Morgan fingerprint density at radius 1 is 0.865 bits per heavy atom. The van der Waals surface area contributed by atoms with Crippen molar-refractivity contribution in [2.45, 2.75) is 76.5 Å². The lowest BCUT2D eigenvalue weighted by molar-refractivity contribution is -0.138. The maximum atomic E-state index is 15.1. The minimum absolute atomic E-state index is 0.100. The number of amides is 2. The van der Waals surface area contributed by atoms with Crippen LogP contribution in [0.3, 0.4) is 0 Å². The van der Waals surface area contributed by atoms with Crippen LogP contribution >= 0.6 is 0 Å². The SMILES string of the molecule is COCCCN1CC(CN(C(=O)[C@H]2CN(C(=O)OC(C)(C)C)CC[C@@H]2c2ccccc2OCc2cc(OC)cc(OC)c2)C2CC2)c2ccccc21. The summed E-state index contributed by atoms with van der Waals surface area (Å²) in [7, 11) is 5.00. The zero-order chi connectivity index (χ0) is 36.8. The number of methoxy groups -OCH3 is 3. The predicted molar refractivity (Wildman–Crippen MR) is 202 cm³/mol. The first kappa shape index (κ1) is 37.3. The van der Waals surface area contributed by atoms with Crippen molar-refractivity contribution in [2.24, 2.45) is 5.92 Å². The molecule has 3 atom stereocenters. The zero-order valence-corrected chi connectivity index (χ0v) is 31.6. The van der Waals surface area contributed by atoms with Gasteiger partial charge in [-0.3, -0.25) is 4.79 Å². The molecule has 6 rings (SSSR count). The highest BCUT2D eigenvalue weighted by atomic mass is 16.6.